The predicted octanol–water partition coefficient (Wildman–Crippen LogP) is 0.524. The molecule has 1 fully saturated rings. The van der Waals surface area contributed by atoms with Crippen LogP contribution < -0.4 is 5.32 Å². The van der Waals surface area contributed by atoms with E-state index in [2.05, 4.69) is 12.2 Å². The minimum Gasteiger partial charge on any atom is -0.389 e. The van der Waals surface area contributed by atoms with E-state index in [-0.39, 0.29) is 12.2 Å². The molecule has 0 radical (unpaired) electrons. The summed E-state index contributed by atoms with van der Waals surface area (Å²) in [6, 6.07) is 0. The monoisotopic (exact) mass is 173 g/mol. The number of hydrogen-bond donors (Lipinski definition) is 2. The van der Waals surface area contributed by atoms with Gasteiger partial charge in [-0.25, -0.2) is 0 Å². The molecule has 72 valence electrons. The molecular weight excluding hydrogens is 154 g/mol. The summed E-state index contributed by atoms with van der Waals surface area (Å²) in [5.41, 5.74) is 0. The van der Waals surface area contributed by atoms with Crippen molar-refractivity contribution >= 4 is 0 Å². The molecule has 0 aromatic heterocycles. The Morgan fingerprint density at radius 3 is 2.83 bits per heavy atom. The zero-order valence-corrected chi connectivity index (χ0v) is 7.92. The average molecular weight is 173 g/mol. The summed E-state index contributed by atoms with van der Waals surface area (Å²) in [5.74, 6) is 0. The highest BCUT2D eigenvalue weighted by atomic mass is 16.5. The van der Waals surface area contributed by atoms with Crippen molar-refractivity contribution in [3.63, 3.8) is 0 Å². The standard InChI is InChI=1S/C9H19NO2/c1-3-10-6-8(11)9-5-4-7(2)12-9/h7-11H,3-6H2,1-2H3. The molecule has 1 heterocycles. The second-order valence-corrected chi connectivity index (χ2v) is 3.44. The normalized spacial score (nSPS) is 32.2. The van der Waals surface area contributed by atoms with Crippen LogP contribution in [0.25, 0.3) is 0 Å². The molecule has 3 atom stereocenters. The van der Waals surface area contributed by atoms with Gasteiger partial charge in [0.05, 0.1) is 18.3 Å². The predicted molar refractivity (Wildman–Crippen MR) is 48.1 cm³/mol. The first kappa shape index (κ1) is 9.96. The van der Waals surface area contributed by atoms with Gasteiger partial charge in [-0.2, -0.15) is 0 Å². The lowest BCUT2D eigenvalue weighted by Gasteiger charge is -2.18. The van der Waals surface area contributed by atoms with E-state index in [1.165, 1.54) is 0 Å². The Kier molecular flexibility index (Phi) is 3.98. The Morgan fingerprint density at radius 2 is 2.33 bits per heavy atom. The second-order valence-electron chi connectivity index (χ2n) is 3.44. The van der Waals surface area contributed by atoms with Crippen LogP contribution in [0.3, 0.4) is 0 Å². The molecule has 0 amide bonds. The third-order valence-corrected chi connectivity index (χ3v) is 2.30. The van der Waals surface area contributed by atoms with Crippen molar-refractivity contribution in [1.82, 2.24) is 5.32 Å². The summed E-state index contributed by atoms with van der Waals surface area (Å²) < 4.78 is 5.53. The number of aliphatic hydroxyl groups excluding tert-OH is 1. The fourth-order valence-electron chi connectivity index (χ4n) is 1.54. The Balaban J connectivity index is 2.18. The number of hydrogen-bond acceptors (Lipinski definition) is 3. The van der Waals surface area contributed by atoms with Crippen molar-refractivity contribution in [1.29, 1.82) is 0 Å². The molecule has 0 bridgehead atoms. The van der Waals surface area contributed by atoms with Gasteiger partial charge in [-0.1, -0.05) is 6.92 Å². The highest BCUT2D eigenvalue weighted by Gasteiger charge is 2.27. The lowest BCUT2D eigenvalue weighted by atomic mass is 10.1. The van der Waals surface area contributed by atoms with Gasteiger partial charge in [-0.3, -0.25) is 0 Å². The van der Waals surface area contributed by atoms with Gasteiger partial charge in [0.15, 0.2) is 0 Å². The molecule has 3 unspecified atom stereocenters. The summed E-state index contributed by atoms with van der Waals surface area (Å²) in [5, 5.41) is 12.7. The summed E-state index contributed by atoms with van der Waals surface area (Å²) in [4.78, 5) is 0. The van der Waals surface area contributed by atoms with Crippen LogP contribution in [0.2, 0.25) is 0 Å². The van der Waals surface area contributed by atoms with E-state index in [1.807, 2.05) is 6.92 Å². The molecule has 0 aromatic carbocycles. The van der Waals surface area contributed by atoms with Gasteiger partial charge in [-0.15, -0.1) is 0 Å². The summed E-state index contributed by atoms with van der Waals surface area (Å²) in [6.07, 6.45) is 2.11. The minimum atomic E-state index is -0.338. The summed E-state index contributed by atoms with van der Waals surface area (Å²) in [6.45, 7) is 5.64. The van der Waals surface area contributed by atoms with Gasteiger partial charge in [0, 0.05) is 6.54 Å². The van der Waals surface area contributed by atoms with Crippen LogP contribution >= 0.6 is 0 Å². The van der Waals surface area contributed by atoms with Crippen LogP contribution in [-0.4, -0.2) is 36.5 Å². The van der Waals surface area contributed by atoms with Crippen LogP contribution in [0.4, 0.5) is 0 Å². The van der Waals surface area contributed by atoms with Gasteiger partial charge in [0.25, 0.3) is 0 Å². The minimum absolute atomic E-state index is 0.0547. The van der Waals surface area contributed by atoms with Crippen molar-refractivity contribution in [3.8, 4) is 0 Å². The Labute approximate surface area is 74.1 Å². The maximum atomic E-state index is 9.61. The molecule has 1 saturated heterocycles. The first-order valence-corrected chi connectivity index (χ1v) is 4.78. The Hall–Kier alpha value is -0.120. The summed E-state index contributed by atoms with van der Waals surface area (Å²) >= 11 is 0. The SMILES string of the molecule is CCNCC(O)C1CCC(C)O1. The number of ether oxygens (including phenoxy) is 1. The van der Waals surface area contributed by atoms with E-state index in [1.54, 1.807) is 0 Å². The molecule has 0 spiro atoms. The molecule has 0 aromatic rings. The van der Waals surface area contributed by atoms with Crippen molar-refractivity contribution in [2.45, 2.75) is 45.0 Å². The highest BCUT2D eigenvalue weighted by Crippen LogP contribution is 2.21. The molecule has 1 aliphatic rings. The van der Waals surface area contributed by atoms with Crippen LogP contribution in [0.5, 0.6) is 0 Å². The van der Waals surface area contributed by atoms with Crippen LogP contribution in [-0.2, 0) is 4.74 Å². The van der Waals surface area contributed by atoms with Crippen LogP contribution in [0.1, 0.15) is 26.7 Å². The molecule has 2 N–H and O–H groups in total. The first-order chi connectivity index (χ1) is 5.74. The average Bonchev–Trinajstić information content (AvgIpc) is 2.47. The van der Waals surface area contributed by atoms with E-state index < -0.39 is 0 Å². The fourth-order valence-corrected chi connectivity index (χ4v) is 1.54. The second kappa shape index (κ2) is 4.80. The van der Waals surface area contributed by atoms with Gasteiger partial charge >= 0.3 is 0 Å². The third kappa shape index (κ3) is 2.73. The fraction of sp³-hybridized carbons (Fsp3) is 1.00. The van der Waals surface area contributed by atoms with Crippen molar-refractivity contribution in [2.24, 2.45) is 0 Å². The molecule has 0 saturated carbocycles. The van der Waals surface area contributed by atoms with Gasteiger partial charge < -0.3 is 15.2 Å². The van der Waals surface area contributed by atoms with Crippen LogP contribution in [0.15, 0.2) is 0 Å². The Bertz CT molecular complexity index is 130. The quantitative estimate of drug-likeness (QED) is 0.651. The van der Waals surface area contributed by atoms with E-state index >= 15 is 0 Å². The smallest absolute Gasteiger partial charge is 0.0925 e. The topological polar surface area (TPSA) is 41.5 Å². The lowest BCUT2D eigenvalue weighted by Crippen LogP contribution is -2.36. The molecule has 12 heavy (non-hydrogen) atoms. The number of likely N-dealkylation sites (N-methyl/N-ethyl adjacent to an activating group) is 1. The zero-order chi connectivity index (χ0) is 8.97. The first-order valence-electron chi connectivity index (χ1n) is 4.78. The van der Waals surface area contributed by atoms with E-state index in [4.69, 9.17) is 4.74 Å². The Morgan fingerprint density at radius 1 is 1.58 bits per heavy atom. The number of rotatable bonds is 4. The number of nitrogens with one attached hydrogen (secondary N) is 1. The van der Waals surface area contributed by atoms with Crippen LogP contribution in [0, 0.1) is 0 Å². The highest BCUT2D eigenvalue weighted by molar-refractivity contribution is 4.78. The van der Waals surface area contributed by atoms with E-state index in [9.17, 15) is 5.11 Å². The van der Waals surface area contributed by atoms with Crippen molar-refractivity contribution < 1.29 is 9.84 Å². The molecule has 3 nitrogen and oxygen atoms in total. The van der Waals surface area contributed by atoms with E-state index in [0.29, 0.717) is 12.6 Å². The molecule has 3 heteroatoms. The molecular formula is C9H19NO2. The van der Waals surface area contributed by atoms with E-state index in [0.717, 1.165) is 19.4 Å². The summed E-state index contributed by atoms with van der Waals surface area (Å²) in [7, 11) is 0. The number of aliphatic hydroxyl groups is 1. The third-order valence-electron chi connectivity index (χ3n) is 2.30. The molecule has 0 aliphatic carbocycles. The van der Waals surface area contributed by atoms with Gasteiger partial charge in [0.2, 0.25) is 0 Å². The zero-order valence-electron chi connectivity index (χ0n) is 7.92. The molecule has 1 aliphatic heterocycles. The molecule has 1 rings (SSSR count). The maximum Gasteiger partial charge on any atom is 0.0925 e. The largest absolute Gasteiger partial charge is 0.389 e. The maximum absolute atomic E-state index is 9.61. The van der Waals surface area contributed by atoms with Crippen molar-refractivity contribution in [2.75, 3.05) is 13.1 Å². The lowest BCUT2D eigenvalue weighted by molar-refractivity contribution is -0.0271. The van der Waals surface area contributed by atoms with Crippen molar-refractivity contribution in [3.05, 3.63) is 0 Å². The van der Waals surface area contributed by atoms with Gasteiger partial charge in [0.1, 0.15) is 0 Å². The van der Waals surface area contributed by atoms with Gasteiger partial charge in [-0.05, 0) is 26.3 Å².